The summed E-state index contributed by atoms with van der Waals surface area (Å²) in [6.07, 6.45) is 2.86. The fourth-order valence-electron chi connectivity index (χ4n) is 3.07. The molecule has 6 heteroatoms. The molecule has 0 heterocycles. The van der Waals surface area contributed by atoms with Crippen LogP contribution in [0.25, 0.3) is 0 Å². The molecule has 0 saturated heterocycles. The Morgan fingerprint density at radius 1 is 1.38 bits per heavy atom. The lowest BCUT2D eigenvalue weighted by Gasteiger charge is -2.40. The minimum absolute atomic E-state index is 0.0232. The van der Waals surface area contributed by atoms with Crippen molar-refractivity contribution in [2.75, 3.05) is 0 Å². The molecule has 0 aromatic rings. The summed E-state index contributed by atoms with van der Waals surface area (Å²) in [7, 11) is 0. The number of esters is 1. The molecule has 1 aliphatic carbocycles. The molecular weight excluding hydrogens is 276 g/mol. The second kappa shape index (κ2) is 7.24. The van der Waals surface area contributed by atoms with Crippen molar-refractivity contribution in [2.45, 2.75) is 51.6 Å². The fraction of sp³-hybridized carbons (Fsp3) is 0.667. The Balaban J connectivity index is 3.02. The molecule has 0 aromatic carbocycles. The van der Waals surface area contributed by atoms with Crippen LogP contribution in [0.4, 0.5) is 0 Å². The molecule has 118 valence electrons. The fourth-order valence-corrected chi connectivity index (χ4v) is 3.07. The van der Waals surface area contributed by atoms with Gasteiger partial charge >= 0.3 is 17.9 Å². The van der Waals surface area contributed by atoms with Crippen LogP contribution >= 0.6 is 0 Å². The third kappa shape index (κ3) is 3.83. The summed E-state index contributed by atoms with van der Waals surface area (Å²) in [5.74, 6) is -3.78. The first kappa shape index (κ1) is 17.2. The quantitative estimate of drug-likeness (QED) is 0.552. The van der Waals surface area contributed by atoms with Crippen molar-refractivity contribution in [3.8, 4) is 0 Å². The van der Waals surface area contributed by atoms with Gasteiger partial charge in [-0.05, 0) is 19.3 Å². The zero-order valence-corrected chi connectivity index (χ0v) is 12.2. The summed E-state index contributed by atoms with van der Waals surface area (Å²) in [5.41, 5.74) is -1.37. The Bertz CT molecular complexity index is 430. The molecule has 0 aliphatic heterocycles. The van der Waals surface area contributed by atoms with Crippen LogP contribution in [-0.2, 0) is 19.1 Å². The molecule has 21 heavy (non-hydrogen) atoms. The van der Waals surface area contributed by atoms with Crippen molar-refractivity contribution in [2.24, 2.45) is 11.3 Å². The normalized spacial score (nSPS) is 26.6. The predicted octanol–water partition coefficient (Wildman–Crippen LogP) is 2.23. The number of carbonyl (C=O) groups is 3. The second-order valence-electron chi connectivity index (χ2n) is 5.47. The lowest BCUT2D eigenvalue weighted by Crippen LogP contribution is -2.47. The van der Waals surface area contributed by atoms with E-state index in [1.807, 2.05) is 0 Å². The minimum Gasteiger partial charge on any atom is -0.481 e. The summed E-state index contributed by atoms with van der Waals surface area (Å²) < 4.78 is 5.14. The molecule has 1 saturated carbocycles. The molecule has 0 radical (unpaired) electrons. The summed E-state index contributed by atoms with van der Waals surface area (Å²) in [6.45, 7) is 5.08. The lowest BCUT2D eigenvalue weighted by atomic mass is 9.63. The van der Waals surface area contributed by atoms with Gasteiger partial charge in [-0.3, -0.25) is 9.59 Å². The van der Waals surface area contributed by atoms with Gasteiger partial charge in [0.15, 0.2) is 0 Å². The molecule has 2 N–H and O–H groups in total. The monoisotopic (exact) mass is 298 g/mol. The molecule has 0 spiro atoms. The first-order valence-corrected chi connectivity index (χ1v) is 7.16. The number of hydrogen-bond donors (Lipinski definition) is 2. The minimum atomic E-state index is -1.37. The van der Waals surface area contributed by atoms with E-state index in [4.69, 9.17) is 4.74 Å². The largest absolute Gasteiger partial charge is 0.481 e. The summed E-state index contributed by atoms with van der Waals surface area (Å²) >= 11 is 0. The van der Waals surface area contributed by atoms with Gasteiger partial charge in [0.2, 0.25) is 0 Å². The maximum absolute atomic E-state index is 11.8. The predicted molar refractivity (Wildman–Crippen MR) is 74.6 cm³/mol. The third-order valence-corrected chi connectivity index (χ3v) is 4.25. The number of carbonyl (C=O) groups excluding carboxylic acids is 1. The van der Waals surface area contributed by atoms with E-state index >= 15 is 0 Å². The Morgan fingerprint density at radius 2 is 2.05 bits per heavy atom. The molecule has 1 fully saturated rings. The van der Waals surface area contributed by atoms with Crippen LogP contribution in [0.3, 0.4) is 0 Å². The smallest absolute Gasteiger partial charge is 0.330 e. The van der Waals surface area contributed by atoms with Gasteiger partial charge in [0.05, 0.1) is 11.3 Å². The van der Waals surface area contributed by atoms with E-state index in [0.717, 1.165) is 6.08 Å². The Labute approximate surface area is 123 Å². The van der Waals surface area contributed by atoms with Gasteiger partial charge in [0.1, 0.15) is 6.10 Å². The van der Waals surface area contributed by atoms with Crippen molar-refractivity contribution in [3.05, 3.63) is 12.7 Å². The van der Waals surface area contributed by atoms with Gasteiger partial charge in [-0.15, -0.1) is 0 Å². The standard InChI is InChI=1S/C15H22O6/c1-3-10(21-12(16)4-2)9-15(14(19)20)8-6-5-7-11(15)13(17)18/h4,10-11H,2-3,5-9H2,1H3,(H,17,18)(H,19,20). The molecular formula is C15H22O6. The maximum atomic E-state index is 11.8. The molecule has 3 atom stereocenters. The van der Waals surface area contributed by atoms with Crippen molar-refractivity contribution >= 4 is 17.9 Å². The van der Waals surface area contributed by atoms with E-state index in [1.165, 1.54) is 0 Å². The van der Waals surface area contributed by atoms with Gasteiger partial charge < -0.3 is 14.9 Å². The van der Waals surface area contributed by atoms with Crippen LogP contribution in [-0.4, -0.2) is 34.2 Å². The van der Waals surface area contributed by atoms with Crippen LogP contribution in [0.5, 0.6) is 0 Å². The summed E-state index contributed by atoms with van der Waals surface area (Å²) in [4.78, 5) is 34.5. The molecule has 0 bridgehead atoms. The average Bonchev–Trinajstić information content (AvgIpc) is 2.46. The van der Waals surface area contributed by atoms with Crippen molar-refractivity contribution in [3.63, 3.8) is 0 Å². The highest BCUT2D eigenvalue weighted by atomic mass is 16.5. The van der Waals surface area contributed by atoms with Gasteiger partial charge in [-0.25, -0.2) is 4.79 Å². The maximum Gasteiger partial charge on any atom is 0.330 e. The topological polar surface area (TPSA) is 101 Å². The zero-order valence-electron chi connectivity index (χ0n) is 12.2. The molecule has 6 nitrogen and oxygen atoms in total. The number of hydrogen-bond acceptors (Lipinski definition) is 4. The van der Waals surface area contributed by atoms with E-state index < -0.39 is 35.3 Å². The molecule has 3 unspecified atom stereocenters. The van der Waals surface area contributed by atoms with Crippen LogP contribution in [0.15, 0.2) is 12.7 Å². The van der Waals surface area contributed by atoms with Gasteiger partial charge in [-0.1, -0.05) is 26.3 Å². The van der Waals surface area contributed by atoms with Crippen molar-refractivity contribution in [1.29, 1.82) is 0 Å². The van der Waals surface area contributed by atoms with Crippen LogP contribution in [0.1, 0.15) is 45.4 Å². The molecule has 1 rings (SSSR count). The van der Waals surface area contributed by atoms with Gasteiger partial charge in [0.25, 0.3) is 0 Å². The average molecular weight is 298 g/mol. The highest BCUT2D eigenvalue weighted by molar-refractivity contribution is 5.84. The third-order valence-electron chi connectivity index (χ3n) is 4.25. The summed E-state index contributed by atoms with van der Waals surface area (Å²) in [5, 5.41) is 19.0. The van der Waals surface area contributed by atoms with Gasteiger partial charge in [0, 0.05) is 12.5 Å². The number of aliphatic carboxylic acids is 2. The van der Waals surface area contributed by atoms with E-state index in [1.54, 1.807) is 6.92 Å². The van der Waals surface area contributed by atoms with E-state index in [9.17, 15) is 24.6 Å². The van der Waals surface area contributed by atoms with E-state index in [2.05, 4.69) is 6.58 Å². The SMILES string of the molecule is C=CC(=O)OC(CC)CC1(C(=O)O)CCCCC1C(=O)O. The number of carboxylic acid groups (broad SMARTS) is 2. The summed E-state index contributed by atoms with van der Waals surface area (Å²) in [6, 6.07) is 0. The number of rotatable bonds is 7. The first-order chi connectivity index (χ1) is 9.87. The Morgan fingerprint density at radius 3 is 2.52 bits per heavy atom. The second-order valence-corrected chi connectivity index (χ2v) is 5.47. The Hall–Kier alpha value is -1.85. The van der Waals surface area contributed by atoms with E-state index in [-0.39, 0.29) is 6.42 Å². The van der Waals surface area contributed by atoms with Crippen molar-refractivity contribution < 1.29 is 29.3 Å². The van der Waals surface area contributed by atoms with Crippen LogP contribution in [0.2, 0.25) is 0 Å². The Kier molecular flexibility index (Phi) is 5.93. The number of ether oxygens (including phenoxy) is 1. The molecule has 0 aromatic heterocycles. The van der Waals surface area contributed by atoms with Crippen LogP contribution in [0, 0.1) is 11.3 Å². The lowest BCUT2D eigenvalue weighted by molar-refractivity contribution is -0.171. The van der Waals surface area contributed by atoms with Crippen LogP contribution < -0.4 is 0 Å². The van der Waals surface area contributed by atoms with Gasteiger partial charge in [-0.2, -0.15) is 0 Å². The molecule has 0 amide bonds. The van der Waals surface area contributed by atoms with Crippen molar-refractivity contribution in [1.82, 2.24) is 0 Å². The zero-order chi connectivity index (χ0) is 16.0. The number of carboxylic acids is 2. The highest BCUT2D eigenvalue weighted by Gasteiger charge is 2.52. The van der Waals surface area contributed by atoms with E-state index in [0.29, 0.717) is 32.1 Å². The molecule has 1 aliphatic rings. The first-order valence-electron chi connectivity index (χ1n) is 7.16. The highest BCUT2D eigenvalue weighted by Crippen LogP contribution is 2.46.